The first-order chi connectivity index (χ1) is 18.4. The zero-order valence-corrected chi connectivity index (χ0v) is 23.0. The summed E-state index contributed by atoms with van der Waals surface area (Å²) >= 11 is 0. The number of amides is 1. The highest BCUT2D eigenvalue weighted by molar-refractivity contribution is 6.46. The van der Waals surface area contributed by atoms with E-state index in [4.69, 9.17) is 9.47 Å². The second kappa shape index (κ2) is 12.5. The van der Waals surface area contributed by atoms with Gasteiger partial charge < -0.3 is 24.4 Å². The van der Waals surface area contributed by atoms with Crippen molar-refractivity contribution in [2.45, 2.75) is 65.5 Å². The Kier molecular flexibility index (Phi) is 9.10. The van der Waals surface area contributed by atoms with Gasteiger partial charge in [-0.15, -0.1) is 0 Å². The third-order valence-electron chi connectivity index (χ3n) is 7.47. The van der Waals surface area contributed by atoms with Crippen molar-refractivity contribution in [3.63, 3.8) is 0 Å². The van der Waals surface area contributed by atoms with Gasteiger partial charge in [-0.1, -0.05) is 45.7 Å². The number of rotatable bonds is 12. The van der Waals surface area contributed by atoms with Gasteiger partial charge in [-0.05, 0) is 67.9 Å². The van der Waals surface area contributed by atoms with Gasteiger partial charge >= 0.3 is 0 Å². The number of ether oxygens (including phenoxy) is 2. The van der Waals surface area contributed by atoms with Crippen LogP contribution in [0.4, 0.5) is 0 Å². The summed E-state index contributed by atoms with van der Waals surface area (Å²) in [6.45, 7) is 11.7. The Balaban J connectivity index is 1.69. The molecular weight excluding hydrogens is 480 g/mol. The third kappa shape index (κ3) is 5.88. The van der Waals surface area contributed by atoms with E-state index in [1.165, 1.54) is 0 Å². The molecule has 2 atom stereocenters. The molecule has 0 radical (unpaired) electrons. The first-order valence-electron chi connectivity index (χ1n) is 13.9. The van der Waals surface area contributed by atoms with Gasteiger partial charge in [0.15, 0.2) is 0 Å². The van der Waals surface area contributed by atoms with E-state index >= 15 is 0 Å². The van der Waals surface area contributed by atoms with Crippen LogP contribution in [0.25, 0.3) is 5.76 Å². The number of ketones is 1. The van der Waals surface area contributed by atoms with Gasteiger partial charge in [0, 0.05) is 25.1 Å². The maximum Gasteiger partial charge on any atom is 0.295 e. The second-order valence-corrected chi connectivity index (χ2v) is 10.1. The molecule has 4 rings (SSSR count). The summed E-state index contributed by atoms with van der Waals surface area (Å²) in [5.74, 6) is 0.150. The molecule has 2 heterocycles. The number of carbonyl (C=O) groups excluding carboxylic acids is 2. The topological polar surface area (TPSA) is 79.3 Å². The zero-order valence-electron chi connectivity index (χ0n) is 23.0. The lowest BCUT2D eigenvalue weighted by atomic mass is 9.94. The molecule has 204 valence electrons. The second-order valence-electron chi connectivity index (χ2n) is 10.1. The van der Waals surface area contributed by atoms with Gasteiger partial charge in [0.25, 0.3) is 11.7 Å². The van der Waals surface area contributed by atoms with Crippen molar-refractivity contribution in [2.75, 3.05) is 32.8 Å². The first kappa shape index (κ1) is 27.7. The number of likely N-dealkylation sites (N-methyl/N-ethyl adjacent to an activating group) is 1. The van der Waals surface area contributed by atoms with E-state index in [0.717, 1.165) is 61.4 Å². The van der Waals surface area contributed by atoms with E-state index in [2.05, 4.69) is 25.7 Å². The molecule has 38 heavy (non-hydrogen) atoms. The van der Waals surface area contributed by atoms with Crippen LogP contribution in [0, 0.1) is 0 Å². The highest BCUT2D eigenvalue weighted by Gasteiger charge is 2.46. The summed E-state index contributed by atoms with van der Waals surface area (Å²) in [5, 5.41) is 11.5. The normalized spacial score (nSPS) is 20.2. The molecule has 2 aliphatic rings. The fourth-order valence-electron chi connectivity index (χ4n) is 5.26. The Bertz CT molecular complexity index is 1170. The molecule has 0 aliphatic carbocycles. The Morgan fingerprint density at radius 1 is 1.08 bits per heavy atom. The van der Waals surface area contributed by atoms with Crippen molar-refractivity contribution in [3.8, 4) is 11.5 Å². The number of likely N-dealkylation sites (tertiary alicyclic amines) is 1. The minimum Gasteiger partial charge on any atom is -0.507 e. The Labute approximate surface area is 226 Å². The van der Waals surface area contributed by atoms with Crippen molar-refractivity contribution >= 4 is 17.4 Å². The van der Waals surface area contributed by atoms with E-state index in [1.807, 2.05) is 43.3 Å². The average Bonchev–Trinajstić information content (AvgIpc) is 3.42. The van der Waals surface area contributed by atoms with Gasteiger partial charge in [-0.25, -0.2) is 0 Å². The van der Waals surface area contributed by atoms with E-state index in [9.17, 15) is 14.7 Å². The Hall–Kier alpha value is -3.32. The van der Waals surface area contributed by atoms with Crippen LogP contribution < -0.4 is 9.47 Å². The molecule has 2 aromatic rings. The molecule has 2 aromatic carbocycles. The molecule has 7 nitrogen and oxygen atoms in total. The van der Waals surface area contributed by atoms with Gasteiger partial charge in [0.1, 0.15) is 23.4 Å². The maximum absolute atomic E-state index is 13.4. The molecule has 0 bridgehead atoms. The number of benzene rings is 2. The summed E-state index contributed by atoms with van der Waals surface area (Å²) in [6.07, 6.45) is 4.04. The highest BCUT2D eigenvalue weighted by atomic mass is 16.5. The monoisotopic (exact) mass is 520 g/mol. The lowest BCUT2D eigenvalue weighted by Gasteiger charge is -2.28. The summed E-state index contributed by atoms with van der Waals surface area (Å²) < 4.78 is 11.7. The predicted molar refractivity (Wildman–Crippen MR) is 148 cm³/mol. The molecule has 1 fully saturated rings. The van der Waals surface area contributed by atoms with Crippen LogP contribution in [0.3, 0.4) is 0 Å². The highest BCUT2D eigenvalue weighted by Crippen LogP contribution is 2.41. The van der Waals surface area contributed by atoms with E-state index in [0.29, 0.717) is 25.3 Å². The molecule has 0 saturated carbocycles. The first-order valence-corrected chi connectivity index (χ1v) is 13.9. The smallest absolute Gasteiger partial charge is 0.295 e. The quantitative estimate of drug-likeness (QED) is 0.176. The number of aliphatic hydroxyl groups is 1. The van der Waals surface area contributed by atoms with Gasteiger partial charge in [0.05, 0.1) is 18.2 Å². The number of hydrogen-bond donors (Lipinski definition) is 1. The maximum atomic E-state index is 13.4. The van der Waals surface area contributed by atoms with Crippen molar-refractivity contribution in [2.24, 2.45) is 0 Å². The summed E-state index contributed by atoms with van der Waals surface area (Å²) in [4.78, 5) is 30.5. The van der Waals surface area contributed by atoms with E-state index < -0.39 is 17.7 Å². The Morgan fingerprint density at radius 3 is 2.50 bits per heavy atom. The summed E-state index contributed by atoms with van der Waals surface area (Å²) in [5.41, 5.74) is 2.39. The molecular formula is C31H40N2O5. The van der Waals surface area contributed by atoms with E-state index in [1.54, 1.807) is 11.0 Å². The molecule has 1 saturated heterocycles. The van der Waals surface area contributed by atoms with Gasteiger partial charge in [0.2, 0.25) is 0 Å². The number of fused-ring (bicyclic) bond motifs is 1. The average molecular weight is 521 g/mol. The molecule has 0 unspecified atom stereocenters. The van der Waals surface area contributed by atoms with Crippen molar-refractivity contribution in [1.82, 2.24) is 9.80 Å². The number of hydrogen-bond acceptors (Lipinski definition) is 6. The van der Waals surface area contributed by atoms with E-state index in [-0.39, 0.29) is 17.4 Å². The minimum atomic E-state index is -0.678. The number of carbonyl (C=O) groups is 2. The SMILES string of the molecule is CCCCCOc1ccc([C@H]2C(=C(O)c3ccc4c(c3)C[C@H](C)O4)C(=O)C(=O)N2CCN(CC)CC)cc1. The molecule has 7 heteroatoms. The van der Waals surface area contributed by atoms with Crippen LogP contribution in [0.5, 0.6) is 11.5 Å². The lowest BCUT2D eigenvalue weighted by Crippen LogP contribution is -2.38. The van der Waals surface area contributed by atoms with Crippen LogP contribution in [-0.4, -0.2) is 65.5 Å². The largest absolute Gasteiger partial charge is 0.507 e. The zero-order chi connectivity index (χ0) is 27.2. The number of aliphatic hydroxyl groups excluding tert-OH is 1. The minimum absolute atomic E-state index is 0.0655. The van der Waals surface area contributed by atoms with Gasteiger partial charge in [-0.3, -0.25) is 9.59 Å². The van der Waals surface area contributed by atoms with Crippen LogP contribution in [0.2, 0.25) is 0 Å². The third-order valence-corrected chi connectivity index (χ3v) is 7.47. The summed E-state index contributed by atoms with van der Waals surface area (Å²) in [6, 6.07) is 12.3. The fourth-order valence-corrected chi connectivity index (χ4v) is 5.26. The number of unbranched alkanes of at least 4 members (excludes halogenated alkanes) is 2. The number of nitrogens with zero attached hydrogens (tertiary/aromatic N) is 2. The van der Waals surface area contributed by atoms with Crippen LogP contribution in [0.15, 0.2) is 48.0 Å². The van der Waals surface area contributed by atoms with Crippen LogP contribution in [0.1, 0.15) is 69.7 Å². The molecule has 2 aliphatic heterocycles. The van der Waals surface area contributed by atoms with Crippen molar-refractivity contribution in [3.05, 3.63) is 64.7 Å². The molecule has 0 aromatic heterocycles. The lowest BCUT2D eigenvalue weighted by molar-refractivity contribution is -0.140. The van der Waals surface area contributed by atoms with Crippen LogP contribution >= 0.6 is 0 Å². The predicted octanol–water partition coefficient (Wildman–Crippen LogP) is 5.34. The summed E-state index contributed by atoms with van der Waals surface area (Å²) in [7, 11) is 0. The number of Topliss-reactive ketones (excluding diaryl/α,β-unsaturated/α-hetero) is 1. The van der Waals surface area contributed by atoms with Crippen molar-refractivity contribution in [1.29, 1.82) is 0 Å². The standard InChI is InChI=1S/C31H40N2O5/c1-5-8-9-18-37-25-13-10-22(11-14-25)28-27(30(35)31(36)33(28)17-16-32(6-2)7-3)29(34)23-12-15-26-24(20-23)19-21(4)38-26/h10-15,20-21,28,34H,5-9,16-19H2,1-4H3/t21-,28-/m0/s1. The van der Waals surface area contributed by atoms with Crippen LogP contribution in [-0.2, 0) is 16.0 Å². The Morgan fingerprint density at radius 2 is 1.82 bits per heavy atom. The van der Waals surface area contributed by atoms with Gasteiger partial charge in [-0.2, -0.15) is 0 Å². The molecule has 1 amide bonds. The van der Waals surface area contributed by atoms with Crippen molar-refractivity contribution < 1.29 is 24.2 Å². The fraction of sp³-hybridized carbons (Fsp3) is 0.484. The molecule has 1 N–H and O–H groups in total. The molecule has 0 spiro atoms.